The summed E-state index contributed by atoms with van der Waals surface area (Å²) in [5.74, 6) is -0.301. The van der Waals surface area contributed by atoms with E-state index in [1.165, 1.54) is 12.1 Å². The lowest BCUT2D eigenvalue weighted by Gasteiger charge is -2.36. The van der Waals surface area contributed by atoms with E-state index in [-0.39, 0.29) is 23.9 Å². The van der Waals surface area contributed by atoms with Crippen molar-refractivity contribution in [1.29, 1.82) is 0 Å². The molecule has 2 aliphatic heterocycles. The van der Waals surface area contributed by atoms with E-state index in [4.69, 9.17) is 0 Å². The molecule has 0 bridgehead atoms. The average molecular weight is 278 g/mol. The third-order valence-corrected chi connectivity index (χ3v) is 4.17. The summed E-state index contributed by atoms with van der Waals surface area (Å²) in [5, 5.41) is 9.62. The van der Waals surface area contributed by atoms with Crippen LogP contribution in [0, 0.1) is 5.82 Å². The van der Waals surface area contributed by atoms with Crippen molar-refractivity contribution in [1.82, 2.24) is 4.90 Å². The predicted octanol–water partition coefficient (Wildman–Crippen LogP) is 1.39. The van der Waals surface area contributed by atoms with Crippen LogP contribution in [0.25, 0.3) is 0 Å². The minimum atomic E-state index is -0.327. The fraction of sp³-hybridized carbons (Fsp3) is 0.533. The van der Waals surface area contributed by atoms with Gasteiger partial charge in [-0.2, -0.15) is 0 Å². The van der Waals surface area contributed by atoms with Crippen molar-refractivity contribution < 1.29 is 14.3 Å². The lowest BCUT2D eigenvalue weighted by Crippen LogP contribution is -2.52. The van der Waals surface area contributed by atoms with Crippen molar-refractivity contribution in [3.05, 3.63) is 30.1 Å². The van der Waals surface area contributed by atoms with E-state index in [1.807, 2.05) is 0 Å². The quantitative estimate of drug-likeness (QED) is 0.889. The number of hydrogen-bond donors (Lipinski definition) is 1. The summed E-state index contributed by atoms with van der Waals surface area (Å²) < 4.78 is 13.3. The van der Waals surface area contributed by atoms with Crippen LogP contribution in [0.1, 0.15) is 19.3 Å². The first-order valence-electron chi connectivity index (χ1n) is 7.14. The van der Waals surface area contributed by atoms with Gasteiger partial charge in [0.2, 0.25) is 5.91 Å². The zero-order chi connectivity index (χ0) is 14.1. The Bertz CT molecular complexity index is 508. The van der Waals surface area contributed by atoms with Crippen LogP contribution >= 0.6 is 0 Å². The van der Waals surface area contributed by atoms with Crippen molar-refractivity contribution in [2.45, 2.75) is 31.4 Å². The minimum absolute atomic E-state index is 0.0240. The van der Waals surface area contributed by atoms with Crippen molar-refractivity contribution in [2.75, 3.05) is 24.5 Å². The lowest BCUT2D eigenvalue weighted by molar-refractivity contribution is -0.125. The van der Waals surface area contributed by atoms with Crippen molar-refractivity contribution in [2.24, 2.45) is 0 Å². The molecule has 0 aliphatic carbocycles. The number of piperidine rings is 1. The van der Waals surface area contributed by atoms with E-state index in [9.17, 15) is 14.3 Å². The molecular weight excluding hydrogens is 259 g/mol. The second-order valence-electron chi connectivity index (χ2n) is 5.57. The summed E-state index contributed by atoms with van der Waals surface area (Å²) in [6.45, 7) is 1.96. The summed E-state index contributed by atoms with van der Waals surface area (Å²) in [6, 6.07) is 6.00. The first kappa shape index (κ1) is 13.5. The second kappa shape index (κ2) is 5.50. The topological polar surface area (TPSA) is 43.8 Å². The molecule has 5 heteroatoms. The zero-order valence-corrected chi connectivity index (χ0v) is 11.3. The number of nitrogens with zero attached hydrogens (tertiary/aromatic N) is 2. The molecule has 2 atom stereocenters. The number of carbonyl (C=O) groups is 1. The van der Waals surface area contributed by atoms with E-state index in [0.29, 0.717) is 18.8 Å². The van der Waals surface area contributed by atoms with Gasteiger partial charge in [0.1, 0.15) is 5.82 Å². The third kappa shape index (κ3) is 2.55. The Hall–Kier alpha value is -1.46. The molecule has 0 saturated carbocycles. The molecule has 108 valence electrons. The number of anilines is 1. The van der Waals surface area contributed by atoms with Gasteiger partial charge in [0, 0.05) is 25.3 Å². The molecular formula is C15H19FN2O2. The largest absolute Gasteiger partial charge is 0.392 e. The number of likely N-dealkylation sites (tertiary alicyclic amines) is 1. The van der Waals surface area contributed by atoms with Gasteiger partial charge in [0.15, 0.2) is 0 Å². The highest BCUT2D eigenvalue weighted by Gasteiger charge is 2.36. The van der Waals surface area contributed by atoms with Crippen LogP contribution in [0.15, 0.2) is 24.3 Å². The Kier molecular flexibility index (Phi) is 3.72. The fourth-order valence-electron chi connectivity index (χ4n) is 3.15. The Morgan fingerprint density at radius 1 is 1.25 bits per heavy atom. The van der Waals surface area contributed by atoms with E-state index in [1.54, 1.807) is 17.0 Å². The van der Waals surface area contributed by atoms with Gasteiger partial charge in [-0.1, -0.05) is 6.07 Å². The van der Waals surface area contributed by atoms with Crippen LogP contribution < -0.4 is 4.90 Å². The number of amides is 1. The summed E-state index contributed by atoms with van der Waals surface area (Å²) >= 11 is 0. The van der Waals surface area contributed by atoms with Gasteiger partial charge < -0.3 is 10.0 Å². The number of aliphatic hydroxyl groups excluding tert-OH is 1. The van der Waals surface area contributed by atoms with E-state index in [2.05, 4.69) is 4.90 Å². The van der Waals surface area contributed by atoms with Gasteiger partial charge in [-0.15, -0.1) is 0 Å². The summed E-state index contributed by atoms with van der Waals surface area (Å²) in [6.07, 6.45) is 2.12. The standard InChI is InChI=1S/C15H19FN2O2/c16-11-3-1-4-12(9-11)18-7-2-5-14(15(18)20)17-8-6-13(19)10-17/h1,3-4,9,13-14,19H,2,5-8,10H2/t13-,14?/m1/s1. The van der Waals surface area contributed by atoms with Gasteiger partial charge in [0.25, 0.3) is 0 Å². The number of β-amino-alcohol motifs (C(OH)–C–C–N with tert-alkyl or cyclic N) is 1. The van der Waals surface area contributed by atoms with Crippen LogP contribution in [0.4, 0.5) is 10.1 Å². The number of carbonyl (C=O) groups excluding carboxylic acids is 1. The maximum absolute atomic E-state index is 13.3. The highest BCUT2D eigenvalue weighted by molar-refractivity contribution is 5.97. The van der Waals surface area contributed by atoms with E-state index < -0.39 is 0 Å². The molecule has 0 spiro atoms. The predicted molar refractivity (Wildman–Crippen MR) is 74.0 cm³/mol. The molecule has 2 saturated heterocycles. The molecule has 1 aromatic rings. The molecule has 2 fully saturated rings. The molecule has 1 amide bonds. The highest BCUT2D eigenvalue weighted by atomic mass is 19.1. The van der Waals surface area contributed by atoms with Crippen LogP contribution in [0.2, 0.25) is 0 Å². The monoisotopic (exact) mass is 278 g/mol. The van der Waals surface area contributed by atoms with Crippen molar-refractivity contribution in [3.63, 3.8) is 0 Å². The second-order valence-corrected chi connectivity index (χ2v) is 5.57. The van der Waals surface area contributed by atoms with Crippen LogP contribution in [-0.2, 0) is 4.79 Å². The Labute approximate surface area is 117 Å². The number of benzene rings is 1. The summed E-state index contributed by atoms with van der Waals surface area (Å²) in [7, 11) is 0. The lowest BCUT2D eigenvalue weighted by atomic mass is 10.0. The Balaban J connectivity index is 1.78. The maximum Gasteiger partial charge on any atom is 0.244 e. The average Bonchev–Trinajstić information content (AvgIpc) is 2.85. The molecule has 0 radical (unpaired) electrons. The minimum Gasteiger partial charge on any atom is -0.392 e. The van der Waals surface area contributed by atoms with E-state index in [0.717, 1.165) is 25.8 Å². The van der Waals surface area contributed by atoms with Crippen molar-refractivity contribution >= 4 is 11.6 Å². The fourth-order valence-corrected chi connectivity index (χ4v) is 3.15. The van der Waals surface area contributed by atoms with Gasteiger partial charge in [-0.25, -0.2) is 4.39 Å². The first-order chi connectivity index (χ1) is 9.65. The molecule has 4 nitrogen and oxygen atoms in total. The molecule has 1 unspecified atom stereocenters. The van der Waals surface area contributed by atoms with Gasteiger partial charge in [0.05, 0.1) is 12.1 Å². The third-order valence-electron chi connectivity index (χ3n) is 4.17. The van der Waals surface area contributed by atoms with Gasteiger partial charge >= 0.3 is 0 Å². The number of aliphatic hydroxyl groups is 1. The smallest absolute Gasteiger partial charge is 0.244 e. The molecule has 2 heterocycles. The molecule has 20 heavy (non-hydrogen) atoms. The Morgan fingerprint density at radius 2 is 2.10 bits per heavy atom. The number of halogens is 1. The summed E-state index contributed by atoms with van der Waals surface area (Å²) in [5.41, 5.74) is 0.624. The number of hydrogen-bond acceptors (Lipinski definition) is 3. The SMILES string of the molecule is O=C1C(N2CC[C@@H](O)C2)CCCN1c1cccc(F)c1. The van der Waals surface area contributed by atoms with Crippen molar-refractivity contribution in [3.8, 4) is 0 Å². The maximum atomic E-state index is 13.3. The van der Waals surface area contributed by atoms with E-state index >= 15 is 0 Å². The first-order valence-corrected chi connectivity index (χ1v) is 7.14. The normalized spacial score (nSPS) is 28.1. The molecule has 0 aromatic heterocycles. The molecule has 3 rings (SSSR count). The highest BCUT2D eigenvalue weighted by Crippen LogP contribution is 2.26. The molecule has 1 N–H and O–H groups in total. The zero-order valence-electron chi connectivity index (χ0n) is 11.3. The summed E-state index contributed by atoms with van der Waals surface area (Å²) in [4.78, 5) is 16.3. The van der Waals surface area contributed by atoms with Crippen LogP contribution in [0.5, 0.6) is 0 Å². The molecule has 2 aliphatic rings. The van der Waals surface area contributed by atoms with Crippen LogP contribution in [-0.4, -0.2) is 47.7 Å². The number of rotatable bonds is 2. The van der Waals surface area contributed by atoms with Gasteiger partial charge in [-0.3, -0.25) is 9.69 Å². The van der Waals surface area contributed by atoms with Gasteiger partial charge in [-0.05, 0) is 37.5 Å². The Morgan fingerprint density at radius 3 is 2.80 bits per heavy atom. The van der Waals surface area contributed by atoms with Crippen LogP contribution in [0.3, 0.4) is 0 Å². The molecule has 1 aromatic carbocycles.